The zero-order chi connectivity index (χ0) is 98.0. The van der Waals surface area contributed by atoms with Crippen LogP contribution in [0.25, 0.3) is 0 Å². The van der Waals surface area contributed by atoms with Gasteiger partial charge in [-0.1, -0.05) is 90.0 Å². The van der Waals surface area contributed by atoms with E-state index in [0.717, 1.165) is 153 Å². The molecule has 16 atom stereocenters. The summed E-state index contributed by atoms with van der Waals surface area (Å²) in [5.41, 5.74) is -6.40. The molecule has 0 spiro atoms. The van der Waals surface area contributed by atoms with Crippen molar-refractivity contribution >= 4 is 23.9 Å². The molecule has 23 aliphatic rings. The fourth-order valence-electron chi connectivity index (χ4n) is 31.2. The summed E-state index contributed by atoms with van der Waals surface area (Å²) in [7, 11) is 1.40. The van der Waals surface area contributed by atoms with Gasteiger partial charge in [0.1, 0.15) is 11.7 Å². The lowest BCUT2D eigenvalue weighted by atomic mass is 9.48. The van der Waals surface area contributed by atoms with Crippen molar-refractivity contribution < 1.29 is 123 Å². The molecule has 0 amide bonds. The molecule has 26 heteroatoms. The van der Waals surface area contributed by atoms with Crippen molar-refractivity contribution in [2.45, 2.75) is 414 Å². The summed E-state index contributed by atoms with van der Waals surface area (Å²) in [4.78, 5) is 49.6. The molecule has 766 valence electrons. The Labute approximate surface area is 790 Å². The highest BCUT2D eigenvalue weighted by molar-refractivity contribution is 5.86. The summed E-state index contributed by atoms with van der Waals surface area (Å²) < 4.78 is 157. The molecule has 133 heavy (non-hydrogen) atoms. The van der Waals surface area contributed by atoms with Crippen LogP contribution >= 0.6 is 0 Å². The van der Waals surface area contributed by atoms with E-state index >= 15 is 0 Å². The van der Waals surface area contributed by atoms with E-state index in [1.807, 2.05) is 41.5 Å². The fourth-order valence-corrected chi connectivity index (χ4v) is 31.2. The average Bonchev–Trinajstić information content (AvgIpc) is 1.53. The van der Waals surface area contributed by atoms with Crippen molar-refractivity contribution in [3.63, 3.8) is 0 Å². The number of methoxy groups -OCH3 is 1. The average molecular weight is 1900 g/mol. The standard InChI is InChI=1S/C27H38O6.2C19H32F2O3.2C18H30F2O2.C6H12O2/c1-5-27(15-7-13-6-14(9-15)10-16(27)8-13)33-24(29)20-17-11-18-21(20)23(28)32-22(18)19(17)12-31-25(30)26(2,3)4;1-16(2,3)19(20,21)9-15(22)10-24-12-17-5-13-4-14(6-17)8-18(23,7-13)11-17;1-17(2,3)19(20,21)9-15(22)10-24-11-18-6-12-4-13(7-18)16(23)14(5-12)8-18;1-15(2,3)18(19,20)4-5-22-12-16-7-13-6-14(8-16)10-17(21,9-13)11-16;1-16(2,3)18(19,20)4-5-22-11-17-8-12-6-13(9-17)15(21)14(7-12)10-17;1-6(2,3)5(7)8-4/h13-22H,5-12H2,1-4H3;13-15,22-23H,4-12H2,1-3H3;12-16,22-23H,4-11H2,1-3H3;13-14,21H,4-12H2,1-3H3;12-15,21H,4-11H2,1-3H3;1-4H3. The summed E-state index contributed by atoms with van der Waals surface area (Å²) in [6, 6.07) is 0. The van der Waals surface area contributed by atoms with Crippen LogP contribution in [-0.4, -0.2) is 192 Å². The lowest BCUT2D eigenvalue weighted by Gasteiger charge is -2.60. The van der Waals surface area contributed by atoms with Crippen LogP contribution in [0, 0.1) is 167 Å². The minimum absolute atomic E-state index is 0.00883. The molecule has 18 nitrogen and oxygen atoms in total. The van der Waals surface area contributed by atoms with Gasteiger partial charge in [0.05, 0.1) is 125 Å². The molecule has 16 unspecified atom stereocenters. The second kappa shape index (κ2) is 38.9. The first-order chi connectivity index (χ1) is 61.2. The predicted octanol–water partition coefficient (Wildman–Crippen LogP) is 21.4. The first kappa shape index (κ1) is 107. The Bertz CT molecular complexity index is 3870. The second-order valence-electron chi connectivity index (χ2n) is 54.3. The van der Waals surface area contributed by atoms with Gasteiger partial charge in [-0.3, -0.25) is 19.2 Å². The highest BCUT2D eigenvalue weighted by Gasteiger charge is 2.71. The number of ether oxygens (including phenoxy) is 8. The molecule has 6 N–H and O–H groups in total. The quantitative estimate of drug-likeness (QED) is 0.0193. The topological polar surface area (TPSA) is 263 Å². The maximum Gasteiger partial charge on any atom is 0.311 e. The maximum atomic E-state index is 14.0. The molecule has 23 rings (SSSR count). The molecule has 22 aliphatic carbocycles. The molecule has 0 aromatic heterocycles. The second-order valence-corrected chi connectivity index (χ2v) is 54.3. The molecule has 1 saturated heterocycles. The monoisotopic (exact) mass is 1900 g/mol. The van der Waals surface area contributed by atoms with Crippen molar-refractivity contribution in [2.24, 2.45) is 167 Å². The maximum absolute atomic E-state index is 14.0. The van der Waals surface area contributed by atoms with E-state index in [1.54, 1.807) is 41.5 Å². The summed E-state index contributed by atoms with van der Waals surface area (Å²) in [6.45, 7) is 34.0. The highest BCUT2D eigenvalue weighted by Crippen LogP contribution is 2.68. The molecule has 0 radical (unpaired) electrons. The molecular formula is C107H174F8O18. The van der Waals surface area contributed by atoms with E-state index in [0.29, 0.717) is 91.5 Å². The molecule has 23 fully saturated rings. The van der Waals surface area contributed by atoms with Crippen LogP contribution in [0.5, 0.6) is 0 Å². The number of rotatable bonds is 27. The Morgan fingerprint density at radius 3 is 1.11 bits per heavy atom. The van der Waals surface area contributed by atoms with Gasteiger partial charge in [0, 0.05) is 59.2 Å². The van der Waals surface area contributed by atoms with E-state index in [2.05, 4.69) is 11.7 Å². The summed E-state index contributed by atoms with van der Waals surface area (Å²) >= 11 is 0. The normalized spacial score (nSPS) is 40.9. The van der Waals surface area contributed by atoms with Crippen molar-refractivity contribution in [3.05, 3.63) is 0 Å². The van der Waals surface area contributed by atoms with Gasteiger partial charge in [0.15, 0.2) is 0 Å². The summed E-state index contributed by atoms with van der Waals surface area (Å²) in [6.07, 6.45) is 26.3. The van der Waals surface area contributed by atoms with Gasteiger partial charge in [-0.15, -0.1) is 0 Å². The number of hydrogen-bond acceptors (Lipinski definition) is 18. The third kappa shape index (κ3) is 23.7. The van der Waals surface area contributed by atoms with Crippen LogP contribution < -0.4 is 0 Å². The van der Waals surface area contributed by atoms with Crippen LogP contribution in [0.15, 0.2) is 0 Å². The fraction of sp³-hybridized carbons (Fsp3) is 0.963. The Kier molecular flexibility index (Phi) is 31.3. The highest BCUT2D eigenvalue weighted by atomic mass is 19.3. The van der Waals surface area contributed by atoms with Gasteiger partial charge in [-0.2, -0.15) is 0 Å². The molecule has 0 aromatic carbocycles. The van der Waals surface area contributed by atoms with E-state index in [4.69, 9.17) is 33.2 Å². The van der Waals surface area contributed by atoms with Gasteiger partial charge < -0.3 is 68.5 Å². The van der Waals surface area contributed by atoms with Crippen molar-refractivity contribution in [1.82, 2.24) is 0 Å². The van der Waals surface area contributed by atoms with E-state index in [-0.39, 0.29) is 144 Å². The number of esters is 4. The third-order valence-corrected chi connectivity index (χ3v) is 37.0. The van der Waals surface area contributed by atoms with Crippen LogP contribution in [0.1, 0.15) is 343 Å². The molecule has 0 aromatic rings. The van der Waals surface area contributed by atoms with Crippen LogP contribution in [0.3, 0.4) is 0 Å². The van der Waals surface area contributed by atoms with Gasteiger partial charge in [-0.05, 0) is 338 Å². The molecule has 22 bridgehead atoms. The third-order valence-electron chi connectivity index (χ3n) is 37.0. The van der Waals surface area contributed by atoms with Crippen molar-refractivity contribution in [3.8, 4) is 0 Å². The molecular weight excluding hydrogens is 1730 g/mol. The molecule has 1 aliphatic heterocycles. The van der Waals surface area contributed by atoms with Crippen molar-refractivity contribution in [2.75, 3.05) is 66.6 Å². The van der Waals surface area contributed by atoms with Crippen molar-refractivity contribution in [1.29, 1.82) is 0 Å². The number of carbonyl (C=O) groups is 4. The number of halogens is 8. The Hall–Kier alpha value is -3.08. The van der Waals surface area contributed by atoms with E-state index in [1.165, 1.54) is 100 Å². The van der Waals surface area contributed by atoms with E-state index < -0.39 is 92.9 Å². The number of fused-ring (bicyclic) bond motifs is 1. The zero-order valence-electron chi connectivity index (χ0n) is 84.7. The number of alkyl halides is 8. The van der Waals surface area contributed by atoms with E-state index in [9.17, 15) is 84.9 Å². The lowest BCUT2D eigenvalue weighted by molar-refractivity contribution is -0.217. The van der Waals surface area contributed by atoms with Crippen LogP contribution in [-0.2, 0) is 57.1 Å². The summed E-state index contributed by atoms with van der Waals surface area (Å²) in [5, 5.41) is 61.9. The predicted molar refractivity (Wildman–Crippen MR) is 489 cm³/mol. The number of carbonyl (C=O) groups excluding carboxylic acids is 4. The Morgan fingerprint density at radius 1 is 0.429 bits per heavy atom. The van der Waals surface area contributed by atoms with Crippen LogP contribution in [0.2, 0.25) is 0 Å². The largest absolute Gasteiger partial charge is 0.469 e. The SMILES string of the molecule is CC(C)(C)C(F)(F)CC(O)COCC12CC3CC(C1)C(O)C(C3)C2.CC(C)(C)C(F)(F)CC(O)COCC12CC3CC(CC(O)(C3)C1)C2.CC(C)(C)C(F)(F)CCOCC12CC3CC(C1)C(O)C(C3)C2.CC(C)(C)C(F)(F)CCOCC12CC3CC(CC(O)(C3)C1)C2.CCC1(OC(=O)C2C3CC4C(OC(=O)C42)C3COC(=O)C(C)(C)C)C2CC3CC(C2)CC1C3.COC(=O)C(C)(C)C. The zero-order valence-corrected chi connectivity index (χ0v) is 84.7. The van der Waals surface area contributed by atoms with Gasteiger partial charge in [0.2, 0.25) is 0 Å². The Balaban J connectivity index is 0.000000139. The summed E-state index contributed by atoms with van der Waals surface area (Å²) in [5.74, 6) is -5.06. The Morgan fingerprint density at radius 2 is 0.774 bits per heavy atom. The van der Waals surface area contributed by atoms with Gasteiger partial charge in [-0.25, -0.2) is 35.1 Å². The molecule has 22 saturated carbocycles. The number of hydrogen-bond donors (Lipinski definition) is 6. The smallest absolute Gasteiger partial charge is 0.311 e. The first-order valence-corrected chi connectivity index (χ1v) is 51.9. The molecule has 1 heterocycles. The first-order valence-electron chi connectivity index (χ1n) is 51.9. The minimum Gasteiger partial charge on any atom is -0.469 e. The minimum atomic E-state index is -2.92. The van der Waals surface area contributed by atoms with Crippen LogP contribution in [0.4, 0.5) is 35.1 Å². The number of aliphatic hydroxyl groups is 6. The lowest BCUT2D eigenvalue weighted by Crippen LogP contribution is -2.60. The van der Waals surface area contributed by atoms with Gasteiger partial charge >= 0.3 is 23.9 Å². The van der Waals surface area contributed by atoms with Gasteiger partial charge in [0.25, 0.3) is 23.7 Å². The number of aliphatic hydroxyl groups excluding tert-OH is 4.